The number of aromatic nitrogens is 4. The number of H-pyrrole nitrogens is 1. The third-order valence-electron chi connectivity index (χ3n) is 4.71. The zero-order valence-electron chi connectivity index (χ0n) is 14.5. The van der Waals surface area contributed by atoms with Crippen molar-refractivity contribution in [2.75, 3.05) is 6.54 Å². The minimum absolute atomic E-state index is 0.183. The summed E-state index contributed by atoms with van der Waals surface area (Å²) >= 11 is 0. The van der Waals surface area contributed by atoms with E-state index in [-0.39, 0.29) is 11.4 Å². The molecule has 7 nitrogen and oxygen atoms in total. The summed E-state index contributed by atoms with van der Waals surface area (Å²) in [6, 6.07) is 1.76. The maximum atomic E-state index is 12.5. The van der Waals surface area contributed by atoms with Crippen LogP contribution in [0.25, 0.3) is 11.3 Å². The van der Waals surface area contributed by atoms with Crippen LogP contribution < -0.4 is 11.1 Å². The molecule has 2 aromatic rings. The largest absolute Gasteiger partial charge is 0.344 e. The molecule has 0 spiro atoms. The van der Waals surface area contributed by atoms with Crippen LogP contribution in [0.3, 0.4) is 0 Å². The van der Waals surface area contributed by atoms with Gasteiger partial charge in [-0.15, -0.1) is 0 Å². The van der Waals surface area contributed by atoms with Crippen molar-refractivity contribution in [1.82, 2.24) is 25.3 Å². The Hall–Kier alpha value is -2.15. The van der Waals surface area contributed by atoms with Gasteiger partial charge < -0.3 is 11.1 Å². The molecule has 0 fully saturated rings. The fourth-order valence-electron chi connectivity index (χ4n) is 2.79. The number of nitrogens with zero attached hydrogens (tertiary/aromatic N) is 3. The summed E-state index contributed by atoms with van der Waals surface area (Å²) in [7, 11) is 1.89. The number of rotatable bonds is 6. The summed E-state index contributed by atoms with van der Waals surface area (Å²) in [6.45, 7) is 8.38. The lowest BCUT2D eigenvalue weighted by Gasteiger charge is -2.31. The number of aromatic amines is 1. The average molecular weight is 318 g/mol. The minimum Gasteiger partial charge on any atom is -0.344 e. The van der Waals surface area contributed by atoms with Crippen molar-refractivity contribution >= 4 is 5.91 Å². The molecular weight excluding hydrogens is 292 g/mol. The van der Waals surface area contributed by atoms with Gasteiger partial charge in [-0.05, 0) is 32.8 Å². The van der Waals surface area contributed by atoms with E-state index in [9.17, 15) is 4.79 Å². The highest BCUT2D eigenvalue weighted by molar-refractivity contribution is 5.94. The molecule has 2 aromatic heterocycles. The molecule has 0 bridgehead atoms. The second-order valence-corrected chi connectivity index (χ2v) is 5.98. The van der Waals surface area contributed by atoms with Crippen LogP contribution in [0.5, 0.6) is 0 Å². The second kappa shape index (κ2) is 6.54. The average Bonchev–Trinajstić information content (AvgIpc) is 3.10. The number of nitrogens with one attached hydrogen (secondary N) is 2. The van der Waals surface area contributed by atoms with Crippen LogP contribution in [-0.2, 0) is 7.05 Å². The SMILES string of the molecule is CCC(CC)(CN)NC(=O)c1cc(-c2c(C)nn(C)c2C)n[nH]1. The Bertz CT molecular complexity index is 687. The fraction of sp³-hybridized carbons (Fsp3) is 0.562. The third-order valence-corrected chi connectivity index (χ3v) is 4.71. The molecule has 2 rings (SSSR count). The Morgan fingerprint density at radius 2 is 2.04 bits per heavy atom. The fourth-order valence-corrected chi connectivity index (χ4v) is 2.79. The topological polar surface area (TPSA) is 102 Å². The molecule has 23 heavy (non-hydrogen) atoms. The first-order valence-electron chi connectivity index (χ1n) is 7.96. The zero-order chi connectivity index (χ0) is 17.2. The van der Waals surface area contributed by atoms with E-state index in [0.29, 0.717) is 12.2 Å². The number of carbonyl (C=O) groups is 1. The van der Waals surface area contributed by atoms with E-state index in [1.807, 2.05) is 39.4 Å². The Morgan fingerprint density at radius 1 is 1.39 bits per heavy atom. The van der Waals surface area contributed by atoms with Gasteiger partial charge in [0.25, 0.3) is 5.91 Å². The predicted molar refractivity (Wildman–Crippen MR) is 90.1 cm³/mol. The monoisotopic (exact) mass is 318 g/mol. The minimum atomic E-state index is -0.373. The lowest BCUT2D eigenvalue weighted by molar-refractivity contribution is 0.0890. The molecule has 0 saturated heterocycles. The van der Waals surface area contributed by atoms with Crippen LogP contribution in [0, 0.1) is 13.8 Å². The van der Waals surface area contributed by atoms with E-state index in [4.69, 9.17) is 5.73 Å². The maximum absolute atomic E-state index is 12.5. The van der Waals surface area contributed by atoms with Crippen LogP contribution in [0.2, 0.25) is 0 Å². The molecule has 0 atom stereocenters. The number of nitrogens with two attached hydrogens (primary N) is 1. The summed E-state index contributed by atoms with van der Waals surface area (Å²) in [5.41, 5.74) is 9.49. The van der Waals surface area contributed by atoms with Crippen LogP contribution in [-0.4, -0.2) is 38.0 Å². The van der Waals surface area contributed by atoms with Crippen molar-refractivity contribution in [3.05, 3.63) is 23.1 Å². The zero-order valence-corrected chi connectivity index (χ0v) is 14.5. The van der Waals surface area contributed by atoms with Crippen molar-refractivity contribution in [3.8, 4) is 11.3 Å². The Kier molecular flexibility index (Phi) is 4.89. The van der Waals surface area contributed by atoms with Gasteiger partial charge in [-0.1, -0.05) is 13.8 Å². The molecule has 0 saturated carbocycles. The molecule has 7 heteroatoms. The first kappa shape index (κ1) is 17.2. The summed E-state index contributed by atoms with van der Waals surface area (Å²) in [5.74, 6) is -0.183. The second-order valence-electron chi connectivity index (χ2n) is 5.98. The van der Waals surface area contributed by atoms with Crippen molar-refractivity contribution in [1.29, 1.82) is 0 Å². The van der Waals surface area contributed by atoms with Crippen LogP contribution in [0.1, 0.15) is 48.6 Å². The number of hydrogen-bond acceptors (Lipinski definition) is 4. The van der Waals surface area contributed by atoms with Gasteiger partial charge in [-0.25, -0.2) is 0 Å². The lowest BCUT2D eigenvalue weighted by atomic mass is 9.93. The van der Waals surface area contributed by atoms with Gasteiger partial charge in [0.2, 0.25) is 0 Å². The first-order valence-corrected chi connectivity index (χ1v) is 7.96. The predicted octanol–water partition coefficient (Wildman–Crippen LogP) is 1.67. The maximum Gasteiger partial charge on any atom is 0.269 e. The van der Waals surface area contributed by atoms with Crippen molar-refractivity contribution < 1.29 is 4.79 Å². The van der Waals surface area contributed by atoms with Gasteiger partial charge in [0, 0.05) is 24.8 Å². The molecule has 0 aromatic carbocycles. The quantitative estimate of drug-likeness (QED) is 0.754. The highest BCUT2D eigenvalue weighted by Gasteiger charge is 2.27. The van der Waals surface area contributed by atoms with Crippen LogP contribution >= 0.6 is 0 Å². The summed E-state index contributed by atoms with van der Waals surface area (Å²) in [5, 5.41) is 14.5. The van der Waals surface area contributed by atoms with Crippen LogP contribution in [0.15, 0.2) is 6.07 Å². The molecule has 0 radical (unpaired) electrons. The van der Waals surface area contributed by atoms with E-state index in [2.05, 4.69) is 20.6 Å². The summed E-state index contributed by atoms with van der Waals surface area (Å²) in [6.07, 6.45) is 1.57. The molecule has 126 valence electrons. The highest BCUT2D eigenvalue weighted by Crippen LogP contribution is 2.25. The molecule has 2 heterocycles. The molecule has 4 N–H and O–H groups in total. The smallest absolute Gasteiger partial charge is 0.269 e. The Labute approximate surface area is 136 Å². The number of hydrogen-bond donors (Lipinski definition) is 3. The van der Waals surface area contributed by atoms with Gasteiger partial charge in [0.1, 0.15) is 5.69 Å². The van der Waals surface area contributed by atoms with E-state index in [0.717, 1.165) is 35.5 Å². The molecule has 0 aliphatic carbocycles. The van der Waals surface area contributed by atoms with Gasteiger partial charge in [0.15, 0.2) is 0 Å². The highest BCUT2D eigenvalue weighted by atomic mass is 16.2. The van der Waals surface area contributed by atoms with E-state index < -0.39 is 0 Å². The van der Waals surface area contributed by atoms with Crippen molar-refractivity contribution in [2.45, 2.75) is 46.1 Å². The summed E-state index contributed by atoms with van der Waals surface area (Å²) in [4.78, 5) is 12.5. The lowest BCUT2D eigenvalue weighted by Crippen LogP contribution is -2.52. The normalized spacial score (nSPS) is 11.7. The molecule has 0 aliphatic rings. The Morgan fingerprint density at radius 3 is 2.52 bits per heavy atom. The van der Waals surface area contributed by atoms with Gasteiger partial charge in [-0.3, -0.25) is 14.6 Å². The van der Waals surface area contributed by atoms with Crippen molar-refractivity contribution in [2.24, 2.45) is 12.8 Å². The first-order chi connectivity index (χ1) is 10.9. The summed E-state index contributed by atoms with van der Waals surface area (Å²) < 4.78 is 1.81. The molecular formula is C16H26N6O. The van der Waals surface area contributed by atoms with Crippen LogP contribution in [0.4, 0.5) is 0 Å². The van der Waals surface area contributed by atoms with E-state index in [1.165, 1.54) is 0 Å². The number of carbonyl (C=O) groups excluding carboxylic acids is 1. The molecule has 0 unspecified atom stereocenters. The number of amides is 1. The standard InChI is InChI=1S/C16H26N6O/c1-6-16(7-2,9-17)18-15(23)13-8-12(19-20-13)14-10(3)21-22(5)11(14)4/h8H,6-7,9,17H2,1-5H3,(H,18,23)(H,19,20). The van der Waals surface area contributed by atoms with Crippen molar-refractivity contribution in [3.63, 3.8) is 0 Å². The third kappa shape index (κ3) is 3.14. The van der Waals surface area contributed by atoms with Gasteiger partial charge in [0.05, 0.1) is 16.9 Å². The van der Waals surface area contributed by atoms with Gasteiger partial charge >= 0.3 is 0 Å². The van der Waals surface area contributed by atoms with E-state index in [1.54, 1.807) is 6.07 Å². The molecule has 0 aliphatic heterocycles. The van der Waals surface area contributed by atoms with E-state index >= 15 is 0 Å². The Balaban J connectivity index is 2.27. The number of aryl methyl sites for hydroxylation is 2. The molecule has 1 amide bonds. The van der Waals surface area contributed by atoms with Gasteiger partial charge in [-0.2, -0.15) is 10.2 Å².